The number of aromatic nitrogens is 2. The van der Waals surface area contributed by atoms with Crippen LogP contribution in [0.25, 0.3) is 22.6 Å². The van der Waals surface area contributed by atoms with Crippen molar-refractivity contribution in [2.45, 2.75) is 32.7 Å². The van der Waals surface area contributed by atoms with Gasteiger partial charge in [-0.15, -0.1) is 0 Å². The lowest BCUT2D eigenvalue weighted by molar-refractivity contribution is 0.0515. The van der Waals surface area contributed by atoms with Crippen molar-refractivity contribution in [1.29, 1.82) is 0 Å². The van der Waals surface area contributed by atoms with Gasteiger partial charge in [-0.25, -0.2) is 4.79 Å². The average molecular weight is 443 g/mol. The van der Waals surface area contributed by atoms with Crippen molar-refractivity contribution in [3.8, 4) is 28.3 Å². The molecule has 0 saturated carbocycles. The van der Waals surface area contributed by atoms with Crippen molar-refractivity contribution < 1.29 is 18.8 Å². The molecule has 0 spiro atoms. The molecule has 0 saturated heterocycles. The van der Waals surface area contributed by atoms with Gasteiger partial charge in [0.1, 0.15) is 11.4 Å². The Kier molecular flexibility index (Phi) is 5.73. The number of rotatable bonds is 6. The fourth-order valence-corrected chi connectivity index (χ4v) is 4.67. The highest BCUT2D eigenvalue weighted by molar-refractivity contribution is 5.99. The van der Waals surface area contributed by atoms with Crippen LogP contribution in [0.15, 0.2) is 65.3 Å². The molecular formula is C27H26N2O4. The molecular weight excluding hydrogens is 416 g/mol. The Morgan fingerprint density at radius 1 is 1.09 bits per heavy atom. The molecule has 2 aromatic carbocycles. The van der Waals surface area contributed by atoms with E-state index < -0.39 is 0 Å². The number of carbonyl (C=O) groups excluding carboxylic acids is 1. The lowest BCUT2D eigenvalue weighted by Crippen LogP contribution is -2.15. The number of aryl methyl sites for hydroxylation is 1. The standard InChI is InChI=1S/C27H26N2O4/c1-3-32-27(30)25-23-22(11-7-10-20-16-28-33-26(20)23)24(19-12-14-21(31-2)15-13-19)29(25)17-18-8-5-4-6-9-18/h4-6,8-9,12-16H,3,7,10-11,17H2,1-2H3. The average Bonchev–Trinajstić information content (AvgIpc) is 3.38. The van der Waals surface area contributed by atoms with Gasteiger partial charge >= 0.3 is 5.97 Å². The van der Waals surface area contributed by atoms with Crippen LogP contribution in [0.1, 0.15) is 40.5 Å². The molecule has 0 bridgehead atoms. The molecule has 2 aromatic heterocycles. The maximum absolute atomic E-state index is 13.4. The Hall–Kier alpha value is -3.80. The molecule has 0 amide bonds. The Bertz CT molecular complexity index is 1270. The fraction of sp³-hybridized carbons (Fsp3) is 0.259. The number of fused-ring (bicyclic) bond motifs is 3. The first kappa shape index (κ1) is 21.1. The molecule has 0 radical (unpaired) electrons. The smallest absolute Gasteiger partial charge is 0.355 e. The number of methoxy groups -OCH3 is 1. The van der Waals surface area contributed by atoms with Gasteiger partial charge in [-0.1, -0.05) is 35.5 Å². The number of benzene rings is 2. The van der Waals surface area contributed by atoms with Gasteiger partial charge in [-0.2, -0.15) is 0 Å². The molecule has 1 aliphatic rings. The van der Waals surface area contributed by atoms with E-state index in [2.05, 4.69) is 21.9 Å². The zero-order valence-electron chi connectivity index (χ0n) is 18.8. The van der Waals surface area contributed by atoms with E-state index in [-0.39, 0.29) is 5.97 Å². The van der Waals surface area contributed by atoms with E-state index in [4.69, 9.17) is 14.0 Å². The van der Waals surface area contributed by atoms with E-state index in [9.17, 15) is 4.79 Å². The van der Waals surface area contributed by atoms with Gasteiger partial charge in [-0.05, 0) is 67.1 Å². The van der Waals surface area contributed by atoms with Gasteiger partial charge in [0.15, 0.2) is 5.76 Å². The Morgan fingerprint density at radius 2 is 1.88 bits per heavy atom. The summed E-state index contributed by atoms with van der Waals surface area (Å²) in [7, 11) is 1.66. The van der Waals surface area contributed by atoms with Crippen LogP contribution in [-0.4, -0.2) is 29.4 Å². The molecule has 33 heavy (non-hydrogen) atoms. The molecule has 0 unspecified atom stereocenters. The highest BCUT2D eigenvalue weighted by Crippen LogP contribution is 2.43. The molecule has 2 heterocycles. The number of hydrogen-bond donors (Lipinski definition) is 0. The Balaban J connectivity index is 1.81. The van der Waals surface area contributed by atoms with Gasteiger partial charge in [0.05, 0.1) is 31.2 Å². The molecule has 0 atom stereocenters. The topological polar surface area (TPSA) is 66.5 Å². The third-order valence-electron chi connectivity index (χ3n) is 6.12. The summed E-state index contributed by atoms with van der Waals surface area (Å²) in [5.41, 5.74) is 6.56. The van der Waals surface area contributed by atoms with E-state index >= 15 is 0 Å². The maximum Gasteiger partial charge on any atom is 0.355 e. The van der Waals surface area contributed by atoms with Crippen LogP contribution >= 0.6 is 0 Å². The van der Waals surface area contributed by atoms with E-state index in [1.807, 2.05) is 49.4 Å². The Morgan fingerprint density at radius 3 is 2.61 bits per heavy atom. The SMILES string of the molecule is CCOC(=O)c1c2c(c(-c3ccc(OC)cc3)n1Cc1ccccc1)CCCc1cnoc1-2. The predicted molar refractivity (Wildman–Crippen MR) is 125 cm³/mol. The third-order valence-corrected chi connectivity index (χ3v) is 6.12. The minimum Gasteiger partial charge on any atom is -0.497 e. The molecule has 1 aliphatic carbocycles. The summed E-state index contributed by atoms with van der Waals surface area (Å²) in [5.74, 6) is 1.11. The summed E-state index contributed by atoms with van der Waals surface area (Å²) >= 11 is 0. The van der Waals surface area contributed by atoms with Crippen molar-refractivity contribution in [2.75, 3.05) is 13.7 Å². The van der Waals surface area contributed by atoms with Crippen molar-refractivity contribution in [2.24, 2.45) is 0 Å². The minimum absolute atomic E-state index is 0.297. The largest absolute Gasteiger partial charge is 0.497 e. The van der Waals surface area contributed by atoms with Crippen LogP contribution in [0.5, 0.6) is 5.75 Å². The van der Waals surface area contributed by atoms with E-state index in [1.165, 1.54) is 0 Å². The summed E-state index contributed by atoms with van der Waals surface area (Å²) in [5, 5.41) is 4.06. The second kappa shape index (κ2) is 8.98. The number of carbonyl (C=O) groups is 1. The number of nitrogens with zero attached hydrogens (tertiary/aromatic N) is 2. The van der Waals surface area contributed by atoms with Crippen molar-refractivity contribution in [3.05, 3.63) is 83.2 Å². The summed E-state index contributed by atoms with van der Waals surface area (Å²) in [6.45, 7) is 2.66. The second-order valence-corrected chi connectivity index (χ2v) is 8.11. The maximum atomic E-state index is 13.4. The normalized spacial score (nSPS) is 12.5. The van der Waals surface area contributed by atoms with Gasteiger partial charge in [0, 0.05) is 12.1 Å². The van der Waals surface area contributed by atoms with Crippen molar-refractivity contribution in [3.63, 3.8) is 0 Å². The first-order chi connectivity index (χ1) is 16.2. The fourth-order valence-electron chi connectivity index (χ4n) is 4.67. The molecule has 168 valence electrons. The van der Waals surface area contributed by atoms with E-state index in [0.717, 1.165) is 58.5 Å². The molecule has 0 N–H and O–H groups in total. The molecule has 0 aliphatic heterocycles. The van der Waals surface area contributed by atoms with Crippen LogP contribution in [0.2, 0.25) is 0 Å². The highest BCUT2D eigenvalue weighted by Gasteiger charge is 2.34. The molecule has 5 rings (SSSR count). The lowest BCUT2D eigenvalue weighted by Gasteiger charge is -2.15. The second-order valence-electron chi connectivity index (χ2n) is 8.11. The van der Waals surface area contributed by atoms with Crippen molar-refractivity contribution >= 4 is 5.97 Å². The van der Waals surface area contributed by atoms with E-state index in [0.29, 0.717) is 24.6 Å². The molecule has 6 nitrogen and oxygen atoms in total. The van der Waals surface area contributed by atoms with Gasteiger partial charge < -0.3 is 18.6 Å². The highest BCUT2D eigenvalue weighted by atomic mass is 16.5. The van der Waals surface area contributed by atoms with Crippen molar-refractivity contribution in [1.82, 2.24) is 9.72 Å². The molecule has 0 fully saturated rings. The van der Waals surface area contributed by atoms with Gasteiger partial charge in [0.25, 0.3) is 0 Å². The monoisotopic (exact) mass is 442 g/mol. The predicted octanol–water partition coefficient (Wildman–Crippen LogP) is 5.53. The third kappa shape index (κ3) is 3.82. The summed E-state index contributed by atoms with van der Waals surface area (Å²) in [6.07, 6.45) is 4.40. The zero-order chi connectivity index (χ0) is 22.8. The van der Waals surface area contributed by atoms with E-state index in [1.54, 1.807) is 13.3 Å². The lowest BCUT2D eigenvalue weighted by atomic mass is 10.00. The van der Waals surface area contributed by atoms with Gasteiger partial charge in [0.2, 0.25) is 0 Å². The van der Waals surface area contributed by atoms with Crippen LogP contribution < -0.4 is 4.74 Å². The first-order valence-electron chi connectivity index (χ1n) is 11.3. The number of ether oxygens (including phenoxy) is 2. The number of hydrogen-bond acceptors (Lipinski definition) is 5. The van der Waals surface area contributed by atoms with Crippen LogP contribution in [-0.2, 0) is 24.1 Å². The molecule has 6 heteroatoms. The zero-order valence-corrected chi connectivity index (χ0v) is 18.8. The number of esters is 1. The minimum atomic E-state index is -0.353. The summed E-state index contributed by atoms with van der Waals surface area (Å²) < 4.78 is 18.7. The van der Waals surface area contributed by atoms with Gasteiger partial charge in [-0.3, -0.25) is 0 Å². The van der Waals surface area contributed by atoms with Crippen LogP contribution in [0, 0.1) is 0 Å². The Labute approximate surface area is 192 Å². The quantitative estimate of drug-likeness (QED) is 0.367. The van der Waals surface area contributed by atoms with Crippen LogP contribution in [0.3, 0.4) is 0 Å². The summed E-state index contributed by atoms with van der Waals surface area (Å²) in [6, 6.07) is 18.1. The molecule has 4 aromatic rings. The first-order valence-corrected chi connectivity index (χ1v) is 11.3. The van der Waals surface area contributed by atoms with Crippen LogP contribution in [0.4, 0.5) is 0 Å². The summed E-state index contributed by atoms with van der Waals surface area (Å²) in [4.78, 5) is 13.4.